The van der Waals surface area contributed by atoms with Crippen molar-refractivity contribution in [2.45, 2.75) is 73.8 Å². The summed E-state index contributed by atoms with van der Waals surface area (Å²) >= 11 is 0. The van der Waals surface area contributed by atoms with Crippen molar-refractivity contribution in [1.82, 2.24) is 0 Å². The average molecular weight is 601 g/mol. The SMILES string of the molecule is C[C@]12C[C@]3(O)OC(O1)[C@@]1(COC(=O)c4ccccc4)[C@@H]3C[C@@]21O[C@H]1O[C@@H](COC(=O)c2ccc(O)cc2)[C@H](O)[C@@H](O)[C@@H]1O. The number of phenolic OH excluding ortho intramolecular Hbond substituents is 1. The van der Waals surface area contributed by atoms with Gasteiger partial charge in [-0.15, -0.1) is 0 Å². The van der Waals surface area contributed by atoms with E-state index in [1.54, 1.807) is 37.3 Å². The van der Waals surface area contributed by atoms with Gasteiger partial charge in [-0.2, -0.15) is 0 Å². The van der Waals surface area contributed by atoms with Gasteiger partial charge in [0.15, 0.2) is 18.4 Å². The van der Waals surface area contributed by atoms with Crippen molar-refractivity contribution in [2.75, 3.05) is 13.2 Å². The number of carbonyl (C=O) groups excluding carboxylic acids is 2. The first-order chi connectivity index (χ1) is 20.4. The number of hydrogen-bond acceptors (Lipinski definition) is 13. The molecule has 230 valence electrons. The summed E-state index contributed by atoms with van der Waals surface area (Å²) in [6.45, 7) is 1.02. The molecule has 2 aromatic carbocycles. The molecule has 13 heteroatoms. The third-order valence-corrected chi connectivity index (χ3v) is 9.87. The van der Waals surface area contributed by atoms with E-state index in [-0.39, 0.29) is 30.8 Å². The van der Waals surface area contributed by atoms with Crippen molar-refractivity contribution in [3.05, 3.63) is 65.7 Å². The second-order valence-electron chi connectivity index (χ2n) is 12.2. The predicted molar refractivity (Wildman–Crippen MR) is 140 cm³/mol. The van der Waals surface area contributed by atoms with Gasteiger partial charge in [0.25, 0.3) is 0 Å². The lowest BCUT2D eigenvalue weighted by Gasteiger charge is -2.67. The number of benzene rings is 2. The third-order valence-electron chi connectivity index (χ3n) is 9.87. The molecule has 2 aromatic rings. The maximum Gasteiger partial charge on any atom is 0.338 e. The number of hydrogen-bond donors (Lipinski definition) is 5. The molecule has 4 saturated heterocycles. The molecule has 11 atom stereocenters. The molecule has 6 bridgehead atoms. The summed E-state index contributed by atoms with van der Waals surface area (Å²) in [5.41, 5.74) is -3.12. The minimum atomic E-state index is -1.72. The van der Waals surface area contributed by atoms with E-state index in [0.717, 1.165) is 0 Å². The largest absolute Gasteiger partial charge is 0.508 e. The van der Waals surface area contributed by atoms with Crippen LogP contribution in [0.3, 0.4) is 0 Å². The molecule has 4 heterocycles. The van der Waals surface area contributed by atoms with Crippen LogP contribution in [0.1, 0.15) is 40.5 Å². The van der Waals surface area contributed by atoms with Crippen molar-refractivity contribution in [3.8, 4) is 5.75 Å². The number of phenols is 1. The lowest BCUT2D eigenvalue weighted by Crippen LogP contribution is -2.80. The van der Waals surface area contributed by atoms with Gasteiger partial charge in [0.1, 0.15) is 54.6 Å². The van der Waals surface area contributed by atoms with Crippen molar-refractivity contribution < 1.29 is 63.5 Å². The smallest absolute Gasteiger partial charge is 0.338 e. The highest BCUT2D eigenvalue weighted by Crippen LogP contribution is 2.81. The predicted octanol–water partition coefficient (Wildman–Crippen LogP) is 0.213. The van der Waals surface area contributed by atoms with Gasteiger partial charge < -0.3 is 54.0 Å². The summed E-state index contributed by atoms with van der Waals surface area (Å²) in [4.78, 5) is 25.4. The minimum absolute atomic E-state index is 0.0331. The Morgan fingerprint density at radius 1 is 0.907 bits per heavy atom. The number of aliphatic hydroxyl groups excluding tert-OH is 3. The topological polar surface area (TPSA) is 191 Å². The first kappa shape index (κ1) is 28.6. The lowest BCUT2D eigenvalue weighted by atomic mass is 9.41. The van der Waals surface area contributed by atoms with Crippen LogP contribution < -0.4 is 0 Å². The molecule has 0 spiro atoms. The van der Waals surface area contributed by atoms with Crippen LogP contribution in [0.15, 0.2) is 54.6 Å². The number of aromatic hydroxyl groups is 1. The van der Waals surface area contributed by atoms with Crippen LogP contribution in [0.2, 0.25) is 0 Å². The normalized spacial score (nSPS) is 43.7. The van der Waals surface area contributed by atoms with Gasteiger partial charge in [-0.3, -0.25) is 0 Å². The first-order valence-electron chi connectivity index (χ1n) is 14.1. The summed E-state index contributed by atoms with van der Waals surface area (Å²) in [6, 6.07) is 13.8. The summed E-state index contributed by atoms with van der Waals surface area (Å²) in [7, 11) is 0. The Morgan fingerprint density at radius 2 is 1.58 bits per heavy atom. The Labute approximate surface area is 245 Å². The molecule has 0 amide bonds. The number of rotatable bonds is 8. The standard InChI is InChI=1S/C30H32O13/c1-27-13-29(37)19-11-30(27,28(19,26(42-27)43-29)14-39-24(36)15-5-3-2-4-6-15)41-25-22(34)21(33)20(32)18(40-25)12-38-23(35)16-7-9-17(31)10-8-16/h2-10,18-22,25-26,31-34,37H,11-14H2,1H3/t18-,19-,20-,21+,22-,25+,26?,27+,28+,29-,30+/m0/s1. The van der Waals surface area contributed by atoms with Crippen LogP contribution >= 0.6 is 0 Å². The van der Waals surface area contributed by atoms with Crippen LogP contribution in [0, 0.1) is 11.3 Å². The lowest BCUT2D eigenvalue weighted by molar-refractivity contribution is -0.424. The summed E-state index contributed by atoms with van der Waals surface area (Å²) in [5, 5.41) is 53.1. The molecule has 3 aliphatic carbocycles. The first-order valence-corrected chi connectivity index (χ1v) is 14.1. The highest BCUT2D eigenvalue weighted by molar-refractivity contribution is 5.89. The Balaban J connectivity index is 1.12. The van der Waals surface area contributed by atoms with Crippen molar-refractivity contribution >= 4 is 11.9 Å². The summed E-state index contributed by atoms with van der Waals surface area (Å²) in [5.74, 6) is -3.44. The molecular weight excluding hydrogens is 568 g/mol. The second-order valence-corrected chi connectivity index (χ2v) is 12.2. The summed E-state index contributed by atoms with van der Waals surface area (Å²) < 4.78 is 35.6. The van der Waals surface area contributed by atoms with E-state index in [1.807, 2.05) is 0 Å². The van der Waals surface area contributed by atoms with Crippen LogP contribution in [0.4, 0.5) is 0 Å². The Bertz CT molecular complexity index is 1420. The van der Waals surface area contributed by atoms with Crippen LogP contribution in [-0.4, -0.2) is 105 Å². The highest BCUT2D eigenvalue weighted by Gasteiger charge is 2.94. The van der Waals surface area contributed by atoms with Crippen LogP contribution in [-0.2, 0) is 28.4 Å². The zero-order valence-electron chi connectivity index (χ0n) is 23.1. The molecule has 13 nitrogen and oxygen atoms in total. The number of carbonyl (C=O) groups is 2. The number of ether oxygens (including phenoxy) is 6. The van der Waals surface area contributed by atoms with Gasteiger partial charge in [-0.1, -0.05) is 18.2 Å². The molecule has 5 N–H and O–H groups in total. The Hall–Kier alpha value is -3.14. The van der Waals surface area contributed by atoms with Gasteiger partial charge in [0.05, 0.1) is 16.5 Å². The van der Waals surface area contributed by atoms with E-state index in [9.17, 15) is 35.1 Å². The van der Waals surface area contributed by atoms with Crippen molar-refractivity contribution in [3.63, 3.8) is 0 Å². The number of aliphatic hydroxyl groups is 4. The molecule has 7 aliphatic rings. The summed E-state index contributed by atoms with van der Waals surface area (Å²) in [6.07, 6.45) is -8.60. The van der Waals surface area contributed by atoms with E-state index >= 15 is 0 Å². The van der Waals surface area contributed by atoms with Crippen LogP contribution in [0.5, 0.6) is 5.75 Å². The molecule has 4 aliphatic heterocycles. The third kappa shape index (κ3) is 3.93. The molecule has 7 fully saturated rings. The van der Waals surface area contributed by atoms with Gasteiger partial charge in [-0.05, 0) is 49.7 Å². The van der Waals surface area contributed by atoms with E-state index in [4.69, 9.17) is 28.4 Å². The minimum Gasteiger partial charge on any atom is -0.508 e. The number of esters is 2. The van der Waals surface area contributed by atoms with Gasteiger partial charge in [0.2, 0.25) is 0 Å². The van der Waals surface area contributed by atoms with Crippen molar-refractivity contribution in [2.24, 2.45) is 11.3 Å². The maximum absolute atomic E-state index is 12.9. The molecule has 1 unspecified atom stereocenters. The van der Waals surface area contributed by atoms with Crippen LogP contribution in [0.25, 0.3) is 0 Å². The fourth-order valence-corrected chi connectivity index (χ4v) is 7.70. The zero-order chi connectivity index (χ0) is 30.4. The van der Waals surface area contributed by atoms with E-state index < -0.39 is 83.9 Å². The molecular formula is C30H32O13. The zero-order valence-corrected chi connectivity index (χ0v) is 23.1. The highest BCUT2D eigenvalue weighted by atomic mass is 16.8. The van der Waals surface area contributed by atoms with Gasteiger partial charge in [-0.25, -0.2) is 9.59 Å². The molecule has 43 heavy (non-hydrogen) atoms. The Morgan fingerprint density at radius 3 is 2.30 bits per heavy atom. The molecule has 3 saturated carbocycles. The van der Waals surface area contributed by atoms with E-state index in [0.29, 0.717) is 5.56 Å². The monoisotopic (exact) mass is 600 g/mol. The fraction of sp³-hybridized carbons (Fsp3) is 0.533. The maximum atomic E-state index is 12.9. The van der Waals surface area contributed by atoms with Gasteiger partial charge in [0, 0.05) is 12.3 Å². The fourth-order valence-electron chi connectivity index (χ4n) is 7.70. The quantitative estimate of drug-likeness (QED) is 0.259. The van der Waals surface area contributed by atoms with Crippen molar-refractivity contribution in [1.29, 1.82) is 0 Å². The molecule has 0 radical (unpaired) electrons. The van der Waals surface area contributed by atoms with E-state index in [1.165, 1.54) is 24.3 Å². The Kier molecular flexibility index (Phi) is 6.44. The van der Waals surface area contributed by atoms with E-state index in [2.05, 4.69) is 0 Å². The molecule has 0 aromatic heterocycles. The second kappa shape index (κ2) is 9.68. The average Bonchev–Trinajstić information content (AvgIpc) is 3.18. The molecule has 9 rings (SSSR count). The van der Waals surface area contributed by atoms with Gasteiger partial charge >= 0.3 is 11.9 Å².